The van der Waals surface area contributed by atoms with Gasteiger partial charge in [0.25, 0.3) is 11.8 Å². The zero-order valence-corrected chi connectivity index (χ0v) is 19.0. The summed E-state index contributed by atoms with van der Waals surface area (Å²) >= 11 is 0. The highest BCUT2D eigenvalue weighted by Gasteiger charge is 2.33. The summed E-state index contributed by atoms with van der Waals surface area (Å²) < 4.78 is 40.6. The number of nitrogens with zero attached hydrogens (tertiary/aromatic N) is 4. The van der Waals surface area contributed by atoms with E-state index >= 15 is 0 Å². The van der Waals surface area contributed by atoms with Crippen molar-refractivity contribution in [2.45, 2.75) is 31.9 Å². The molecule has 0 bridgehead atoms. The van der Waals surface area contributed by atoms with Crippen LogP contribution in [0.3, 0.4) is 0 Å². The van der Waals surface area contributed by atoms with Crippen LogP contribution in [0.2, 0.25) is 0 Å². The number of piperidine rings is 1. The highest BCUT2D eigenvalue weighted by Crippen LogP contribution is 2.32. The number of nitrogens with one attached hydrogen (secondary N) is 2. The Bertz CT molecular complexity index is 1250. The van der Waals surface area contributed by atoms with Crippen molar-refractivity contribution in [3.63, 3.8) is 0 Å². The summed E-state index contributed by atoms with van der Waals surface area (Å²) in [5, 5.41) is 9.80. The number of carbonyl (C=O) groups is 2. The molecule has 0 aliphatic carbocycles. The van der Waals surface area contributed by atoms with E-state index in [-0.39, 0.29) is 17.2 Å². The Balaban J connectivity index is 1.72. The average molecular weight is 474 g/mol. The molecule has 0 saturated carbocycles. The average Bonchev–Trinajstić information content (AvgIpc) is 3.13. The van der Waals surface area contributed by atoms with Crippen LogP contribution in [0, 0.1) is 6.92 Å². The molecule has 4 heterocycles. The molecule has 2 N–H and O–H groups in total. The first kappa shape index (κ1) is 23.7. The molecule has 0 aromatic carbocycles. The first-order valence-corrected chi connectivity index (χ1v) is 10.9. The molecule has 0 atom stereocenters. The van der Waals surface area contributed by atoms with Crippen molar-refractivity contribution in [2.75, 3.05) is 32.5 Å². The Morgan fingerprint density at radius 3 is 2.50 bits per heavy atom. The van der Waals surface area contributed by atoms with Gasteiger partial charge in [0.2, 0.25) is 0 Å². The van der Waals surface area contributed by atoms with Gasteiger partial charge in [0.15, 0.2) is 0 Å². The van der Waals surface area contributed by atoms with Crippen LogP contribution in [-0.4, -0.2) is 58.5 Å². The lowest BCUT2D eigenvalue weighted by atomic mass is 9.91. The fourth-order valence-corrected chi connectivity index (χ4v) is 4.22. The van der Waals surface area contributed by atoms with E-state index in [4.69, 9.17) is 5.10 Å². The number of carbonyl (C=O) groups excluding carboxylic acids is 2. The number of hydrogen-bond donors (Lipinski definition) is 2. The van der Waals surface area contributed by atoms with Crippen molar-refractivity contribution in [2.24, 2.45) is 0 Å². The maximum absolute atomic E-state index is 13.0. The Kier molecular flexibility index (Phi) is 6.30. The van der Waals surface area contributed by atoms with E-state index in [2.05, 4.69) is 27.6 Å². The molecular formula is C23H25F3N6O2. The molecule has 0 spiro atoms. The number of amides is 2. The summed E-state index contributed by atoms with van der Waals surface area (Å²) in [5.41, 5.74) is 1.30. The van der Waals surface area contributed by atoms with Gasteiger partial charge in [-0.2, -0.15) is 18.3 Å². The Labute approximate surface area is 194 Å². The number of anilines is 1. The van der Waals surface area contributed by atoms with Gasteiger partial charge in [-0.05, 0) is 63.7 Å². The molecule has 4 rings (SSSR count). The van der Waals surface area contributed by atoms with Crippen molar-refractivity contribution < 1.29 is 22.8 Å². The molecule has 1 aliphatic rings. The lowest BCUT2D eigenvalue weighted by Gasteiger charge is -2.28. The molecule has 8 nitrogen and oxygen atoms in total. The maximum atomic E-state index is 13.0. The van der Waals surface area contributed by atoms with Gasteiger partial charge in [0.1, 0.15) is 11.4 Å². The molecule has 1 fully saturated rings. The number of pyridine rings is 2. The second-order valence-electron chi connectivity index (χ2n) is 8.46. The second-order valence-corrected chi connectivity index (χ2v) is 8.46. The van der Waals surface area contributed by atoms with Crippen molar-refractivity contribution in [1.29, 1.82) is 0 Å². The van der Waals surface area contributed by atoms with Gasteiger partial charge in [-0.1, -0.05) is 6.07 Å². The van der Waals surface area contributed by atoms with Crippen molar-refractivity contribution >= 4 is 23.0 Å². The van der Waals surface area contributed by atoms with Gasteiger partial charge < -0.3 is 15.5 Å². The Hall–Kier alpha value is -3.47. The number of likely N-dealkylation sites (tertiary alicyclic amines) is 1. The minimum absolute atomic E-state index is 0.132. The Morgan fingerprint density at radius 2 is 1.85 bits per heavy atom. The maximum Gasteiger partial charge on any atom is 0.433 e. The van der Waals surface area contributed by atoms with Gasteiger partial charge >= 0.3 is 6.18 Å². The highest BCUT2D eigenvalue weighted by molar-refractivity contribution is 6.08. The highest BCUT2D eigenvalue weighted by atomic mass is 19.4. The van der Waals surface area contributed by atoms with Gasteiger partial charge in [0, 0.05) is 19.2 Å². The van der Waals surface area contributed by atoms with Crippen LogP contribution in [0.1, 0.15) is 56.6 Å². The predicted molar refractivity (Wildman–Crippen MR) is 120 cm³/mol. The molecule has 3 aromatic heterocycles. The minimum Gasteiger partial charge on any atom is -0.355 e. The smallest absolute Gasteiger partial charge is 0.355 e. The van der Waals surface area contributed by atoms with Crippen molar-refractivity contribution in [1.82, 2.24) is 24.8 Å². The number of aryl methyl sites for hydroxylation is 1. The lowest BCUT2D eigenvalue weighted by Crippen LogP contribution is -2.29. The summed E-state index contributed by atoms with van der Waals surface area (Å²) in [7, 11) is 3.53. The number of hydrogen-bond acceptors (Lipinski definition) is 5. The first-order chi connectivity index (χ1) is 16.1. The van der Waals surface area contributed by atoms with Crippen molar-refractivity contribution in [3.8, 4) is 0 Å². The fraction of sp³-hybridized carbons (Fsp3) is 0.391. The largest absolute Gasteiger partial charge is 0.433 e. The molecule has 0 unspecified atom stereocenters. The van der Waals surface area contributed by atoms with E-state index in [9.17, 15) is 22.8 Å². The molecule has 11 heteroatoms. The zero-order valence-electron chi connectivity index (χ0n) is 19.0. The number of fused-ring (bicyclic) bond motifs is 1. The quantitative estimate of drug-likeness (QED) is 0.604. The van der Waals surface area contributed by atoms with E-state index in [1.54, 1.807) is 10.6 Å². The molecule has 34 heavy (non-hydrogen) atoms. The SMILES string of the molecule is CNC(=O)c1cn2nc(C3CCN(C)CC3)c(C)c2cc1NC(=O)c1cccc(C(F)(F)F)n1. The third-order valence-corrected chi connectivity index (χ3v) is 6.15. The monoisotopic (exact) mass is 474 g/mol. The molecule has 3 aromatic rings. The van der Waals surface area contributed by atoms with Crippen LogP contribution in [-0.2, 0) is 6.18 Å². The van der Waals surface area contributed by atoms with Gasteiger partial charge in [-0.25, -0.2) is 9.50 Å². The molecule has 180 valence electrons. The number of rotatable bonds is 4. The lowest BCUT2D eigenvalue weighted by molar-refractivity contribution is -0.141. The summed E-state index contributed by atoms with van der Waals surface area (Å²) in [5.74, 6) is -1.04. The van der Waals surface area contributed by atoms with Crippen LogP contribution in [0.25, 0.3) is 5.52 Å². The second kappa shape index (κ2) is 9.05. The predicted octanol–water partition coefficient (Wildman–Crippen LogP) is 3.48. The minimum atomic E-state index is -4.68. The van der Waals surface area contributed by atoms with E-state index in [0.29, 0.717) is 5.52 Å². The van der Waals surface area contributed by atoms with Crippen LogP contribution >= 0.6 is 0 Å². The number of aromatic nitrogens is 3. The molecule has 2 amide bonds. The summed E-state index contributed by atoms with van der Waals surface area (Å²) in [4.78, 5) is 31.0. The van der Waals surface area contributed by atoms with Gasteiger partial charge in [-0.3, -0.25) is 9.59 Å². The van der Waals surface area contributed by atoms with Crippen molar-refractivity contribution in [3.05, 3.63) is 58.7 Å². The number of halogens is 3. The van der Waals surface area contributed by atoms with E-state index < -0.39 is 29.4 Å². The zero-order chi connectivity index (χ0) is 24.6. The molecule has 1 aliphatic heterocycles. The fourth-order valence-electron chi connectivity index (χ4n) is 4.22. The van der Waals surface area contributed by atoms with Crippen LogP contribution in [0.4, 0.5) is 18.9 Å². The van der Waals surface area contributed by atoms with E-state index in [0.717, 1.165) is 49.3 Å². The van der Waals surface area contributed by atoms with Crippen LogP contribution < -0.4 is 10.6 Å². The number of alkyl halides is 3. The Morgan fingerprint density at radius 1 is 1.15 bits per heavy atom. The molecule has 0 radical (unpaired) electrons. The summed E-state index contributed by atoms with van der Waals surface area (Å²) in [6, 6.07) is 4.71. The normalized spacial score (nSPS) is 15.5. The topological polar surface area (TPSA) is 91.6 Å². The summed E-state index contributed by atoms with van der Waals surface area (Å²) in [6.45, 7) is 3.87. The van der Waals surface area contributed by atoms with E-state index in [1.807, 2.05) is 6.92 Å². The van der Waals surface area contributed by atoms with Crippen LogP contribution in [0.15, 0.2) is 30.5 Å². The first-order valence-electron chi connectivity index (χ1n) is 10.9. The standard InChI is InChI=1S/C23H25F3N6O2/c1-13-18-11-17(29-22(34)16-5-4-6-19(28-16)23(24,25)26)15(21(33)27-2)12-32(18)30-20(13)14-7-9-31(3)10-8-14/h4-6,11-12,14H,7-10H2,1-3H3,(H,27,33)(H,29,34). The van der Waals surface area contributed by atoms with Gasteiger partial charge in [0.05, 0.1) is 22.5 Å². The third-order valence-electron chi connectivity index (χ3n) is 6.15. The third kappa shape index (κ3) is 4.60. The molecular weight excluding hydrogens is 449 g/mol. The molecule has 1 saturated heterocycles. The van der Waals surface area contributed by atoms with Crippen LogP contribution in [0.5, 0.6) is 0 Å². The summed E-state index contributed by atoms with van der Waals surface area (Å²) in [6.07, 6.45) is -1.22. The van der Waals surface area contributed by atoms with E-state index in [1.165, 1.54) is 19.3 Å². The van der Waals surface area contributed by atoms with Gasteiger partial charge in [-0.15, -0.1) is 0 Å².